The van der Waals surface area contributed by atoms with Crippen molar-refractivity contribution >= 4 is 34.4 Å². The molecule has 0 fully saturated rings. The molecule has 0 spiro atoms. The Hall–Kier alpha value is -1.37. The molecule has 0 atom stereocenters. The molecular formula is C14H15IN4. The Bertz CT molecular complexity index is 612. The van der Waals surface area contributed by atoms with Crippen molar-refractivity contribution in [3.05, 3.63) is 33.4 Å². The minimum Gasteiger partial charge on any atom is -0.370 e. The highest BCUT2D eigenvalue weighted by atomic mass is 127. The number of hydrogen-bond donors (Lipinski definition) is 2. The lowest BCUT2D eigenvalue weighted by atomic mass is 10.0. The predicted octanol–water partition coefficient (Wildman–Crippen LogP) is 3.08. The van der Waals surface area contributed by atoms with Crippen molar-refractivity contribution in [3.8, 4) is 11.3 Å². The van der Waals surface area contributed by atoms with Crippen molar-refractivity contribution in [3.63, 3.8) is 0 Å². The third-order valence-electron chi connectivity index (χ3n) is 3.30. The number of aromatic nitrogens is 2. The van der Waals surface area contributed by atoms with Gasteiger partial charge in [-0.2, -0.15) is 4.98 Å². The molecule has 1 aliphatic heterocycles. The molecular weight excluding hydrogens is 351 g/mol. The van der Waals surface area contributed by atoms with E-state index in [0.717, 1.165) is 42.9 Å². The number of anilines is 2. The summed E-state index contributed by atoms with van der Waals surface area (Å²) in [5.41, 5.74) is 9.16. The van der Waals surface area contributed by atoms with Gasteiger partial charge in [0.15, 0.2) is 0 Å². The smallest absolute Gasteiger partial charge is 0.222 e. The summed E-state index contributed by atoms with van der Waals surface area (Å²) in [5.74, 6) is 1.24. The molecule has 98 valence electrons. The second kappa shape index (κ2) is 5.32. The van der Waals surface area contributed by atoms with E-state index in [1.807, 2.05) is 12.1 Å². The minimum absolute atomic E-state index is 0.336. The van der Waals surface area contributed by atoms with Gasteiger partial charge in [0.05, 0.1) is 5.69 Å². The molecule has 0 amide bonds. The molecule has 0 saturated heterocycles. The largest absolute Gasteiger partial charge is 0.370 e. The predicted molar refractivity (Wildman–Crippen MR) is 86.0 cm³/mol. The molecule has 5 heteroatoms. The van der Waals surface area contributed by atoms with E-state index in [2.05, 4.69) is 50.0 Å². The van der Waals surface area contributed by atoms with Gasteiger partial charge in [0.2, 0.25) is 5.95 Å². The van der Waals surface area contributed by atoms with Gasteiger partial charge in [0.1, 0.15) is 5.82 Å². The van der Waals surface area contributed by atoms with Crippen LogP contribution in [0.15, 0.2) is 24.3 Å². The standard InChI is InChI=1S/C14H15IN4/c15-11-7-2-1-5-9(11)12-10-6-3-4-8-17-13(10)19-14(16)18-12/h1-2,5,7H,3-4,6,8H2,(H3,16,17,18,19). The Morgan fingerprint density at radius 1 is 1.16 bits per heavy atom. The molecule has 0 radical (unpaired) electrons. The summed E-state index contributed by atoms with van der Waals surface area (Å²) in [7, 11) is 0. The van der Waals surface area contributed by atoms with Crippen LogP contribution in [0.2, 0.25) is 0 Å². The van der Waals surface area contributed by atoms with Gasteiger partial charge >= 0.3 is 0 Å². The van der Waals surface area contributed by atoms with Gasteiger partial charge in [0, 0.05) is 21.2 Å². The highest BCUT2D eigenvalue weighted by Crippen LogP contribution is 2.32. The fourth-order valence-corrected chi connectivity index (χ4v) is 3.04. The Kier molecular flexibility index (Phi) is 3.54. The average molecular weight is 366 g/mol. The number of nitrogens with zero attached hydrogens (tertiary/aromatic N) is 2. The molecule has 1 aromatic carbocycles. The molecule has 0 saturated carbocycles. The van der Waals surface area contributed by atoms with Crippen molar-refractivity contribution in [1.29, 1.82) is 0 Å². The fraction of sp³-hybridized carbons (Fsp3) is 0.286. The number of nitrogen functional groups attached to an aromatic ring is 1. The molecule has 3 N–H and O–H groups in total. The molecule has 0 bridgehead atoms. The molecule has 19 heavy (non-hydrogen) atoms. The lowest BCUT2D eigenvalue weighted by Gasteiger charge is -2.13. The molecule has 0 unspecified atom stereocenters. The molecule has 2 aromatic rings. The summed E-state index contributed by atoms with van der Waals surface area (Å²) in [6.45, 7) is 0.953. The van der Waals surface area contributed by atoms with E-state index < -0.39 is 0 Å². The molecule has 3 rings (SSSR count). The normalized spacial score (nSPS) is 14.4. The van der Waals surface area contributed by atoms with E-state index in [1.165, 1.54) is 9.13 Å². The van der Waals surface area contributed by atoms with E-state index >= 15 is 0 Å². The van der Waals surface area contributed by atoms with E-state index in [0.29, 0.717) is 5.95 Å². The molecule has 0 aliphatic carbocycles. The Morgan fingerprint density at radius 2 is 2.00 bits per heavy atom. The van der Waals surface area contributed by atoms with Crippen LogP contribution in [0.1, 0.15) is 18.4 Å². The first kappa shape index (κ1) is 12.7. The summed E-state index contributed by atoms with van der Waals surface area (Å²) in [4.78, 5) is 8.82. The fourth-order valence-electron chi connectivity index (χ4n) is 2.39. The van der Waals surface area contributed by atoms with Crippen LogP contribution in [0, 0.1) is 3.57 Å². The topological polar surface area (TPSA) is 63.8 Å². The van der Waals surface area contributed by atoms with Crippen molar-refractivity contribution in [2.75, 3.05) is 17.6 Å². The zero-order valence-corrected chi connectivity index (χ0v) is 12.6. The summed E-state index contributed by atoms with van der Waals surface area (Å²) in [5, 5.41) is 3.36. The number of nitrogens with one attached hydrogen (secondary N) is 1. The SMILES string of the molecule is Nc1nc2c(c(-c3ccccc3I)n1)CCCCN2. The number of fused-ring (bicyclic) bond motifs is 1. The monoisotopic (exact) mass is 366 g/mol. The average Bonchev–Trinajstić information content (AvgIpc) is 2.63. The zero-order chi connectivity index (χ0) is 13.2. The lowest BCUT2D eigenvalue weighted by molar-refractivity contribution is 0.785. The summed E-state index contributed by atoms with van der Waals surface area (Å²) >= 11 is 2.34. The highest BCUT2D eigenvalue weighted by Gasteiger charge is 2.18. The number of rotatable bonds is 1. The number of nitrogens with two attached hydrogens (primary N) is 1. The maximum atomic E-state index is 5.86. The first-order valence-electron chi connectivity index (χ1n) is 6.41. The summed E-state index contributed by atoms with van der Waals surface area (Å²) in [6.07, 6.45) is 3.31. The maximum absolute atomic E-state index is 5.86. The Morgan fingerprint density at radius 3 is 2.84 bits per heavy atom. The highest BCUT2D eigenvalue weighted by molar-refractivity contribution is 14.1. The van der Waals surface area contributed by atoms with Crippen LogP contribution < -0.4 is 11.1 Å². The van der Waals surface area contributed by atoms with Crippen LogP contribution in [0.3, 0.4) is 0 Å². The molecule has 1 aliphatic rings. The first-order valence-corrected chi connectivity index (χ1v) is 7.49. The second-order valence-corrected chi connectivity index (χ2v) is 5.78. The van der Waals surface area contributed by atoms with E-state index in [9.17, 15) is 0 Å². The van der Waals surface area contributed by atoms with Gasteiger partial charge in [-0.3, -0.25) is 0 Å². The third kappa shape index (κ3) is 2.51. The Labute approximate surface area is 126 Å². The summed E-state index contributed by atoms with van der Waals surface area (Å²) < 4.78 is 1.18. The van der Waals surface area contributed by atoms with Crippen molar-refractivity contribution in [1.82, 2.24) is 9.97 Å². The molecule has 1 aromatic heterocycles. The van der Waals surface area contributed by atoms with Crippen LogP contribution in [0.25, 0.3) is 11.3 Å². The van der Waals surface area contributed by atoms with Gasteiger partial charge in [-0.05, 0) is 47.9 Å². The Balaban J connectivity index is 2.21. The van der Waals surface area contributed by atoms with Crippen molar-refractivity contribution in [2.24, 2.45) is 0 Å². The lowest BCUT2D eigenvalue weighted by Crippen LogP contribution is -2.08. The first-order chi connectivity index (χ1) is 9.25. The minimum atomic E-state index is 0.336. The van der Waals surface area contributed by atoms with Gasteiger partial charge in [-0.25, -0.2) is 4.98 Å². The van der Waals surface area contributed by atoms with Gasteiger partial charge in [-0.15, -0.1) is 0 Å². The number of benzene rings is 1. The van der Waals surface area contributed by atoms with Crippen LogP contribution >= 0.6 is 22.6 Å². The maximum Gasteiger partial charge on any atom is 0.222 e. The number of hydrogen-bond acceptors (Lipinski definition) is 4. The molecule has 2 heterocycles. The van der Waals surface area contributed by atoms with Crippen LogP contribution in [-0.4, -0.2) is 16.5 Å². The van der Waals surface area contributed by atoms with E-state index in [1.54, 1.807) is 0 Å². The third-order valence-corrected chi connectivity index (χ3v) is 4.24. The van der Waals surface area contributed by atoms with Gasteiger partial charge in [0.25, 0.3) is 0 Å². The van der Waals surface area contributed by atoms with E-state index in [4.69, 9.17) is 5.73 Å². The van der Waals surface area contributed by atoms with Gasteiger partial charge < -0.3 is 11.1 Å². The van der Waals surface area contributed by atoms with E-state index in [-0.39, 0.29) is 0 Å². The van der Waals surface area contributed by atoms with Crippen molar-refractivity contribution in [2.45, 2.75) is 19.3 Å². The van der Waals surface area contributed by atoms with Gasteiger partial charge in [-0.1, -0.05) is 18.2 Å². The number of halogens is 1. The quantitative estimate of drug-likeness (QED) is 0.762. The zero-order valence-electron chi connectivity index (χ0n) is 10.5. The summed E-state index contributed by atoms with van der Waals surface area (Å²) in [6, 6.07) is 8.25. The van der Waals surface area contributed by atoms with Crippen molar-refractivity contribution < 1.29 is 0 Å². The second-order valence-electron chi connectivity index (χ2n) is 4.62. The van der Waals surface area contributed by atoms with Crippen LogP contribution in [0.4, 0.5) is 11.8 Å². The van der Waals surface area contributed by atoms with Crippen LogP contribution in [0.5, 0.6) is 0 Å². The van der Waals surface area contributed by atoms with Crippen LogP contribution in [-0.2, 0) is 6.42 Å². The molecule has 4 nitrogen and oxygen atoms in total.